The minimum absolute atomic E-state index is 0.0404. The summed E-state index contributed by atoms with van der Waals surface area (Å²) in [6.45, 7) is 1.87. The van der Waals surface area contributed by atoms with Crippen LogP contribution in [-0.2, 0) is 11.2 Å². The normalized spacial score (nSPS) is 10.6. The van der Waals surface area contributed by atoms with Gasteiger partial charge in [0.25, 0.3) is 0 Å². The first-order valence-electron chi connectivity index (χ1n) is 7.06. The minimum Gasteiger partial charge on any atom is -0.481 e. The maximum absolute atomic E-state index is 11.0. The van der Waals surface area contributed by atoms with Crippen LogP contribution < -0.4 is 0 Å². The molecule has 4 nitrogen and oxygen atoms in total. The predicted octanol–water partition coefficient (Wildman–Crippen LogP) is 3.47. The van der Waals surface area contributed by atoms with Crippen molar-refractivity contribution in [2.45, 2.75) is 13.3 Å². The standard InChI is InChI=1S/C18H16N2O2/c1-13-19-12-17(11-18(21)22)20(13)16-9-7-15(8-10-16)14-5-3-2-4-6-14/h2-10,12H,11H2,1H3,(H,21,22). The maximum Gasteiger partial charge on any atom is 0.309 e. The fourth-order valence-corrected chi connectivity index (χ4v) is 2.56. The van der Waals surface area contributed by atoms with E-state index in [9.17, 15) is 4.79 Å². The molecule has 0 radical (unpaired) electrons. The summed E-state index contributed by atoms with van der Waals surface area (Å²) < 4.78 is 1.88. The van der Waals surface area contributed by atoms with Crippen molar-refractivity contribution in [2.24, 2.45) is 0 Å². The smallest absolute Gasteiger partial charge is 0.309 e. The molecule has 110 valence electrons. The van der Waals surface area contributed by atoms with Crippen molar-refractivity contribution >= 4 is 5.97 Å². The third kappa shape index (κ3) is 2.76. The zero-order valence-corrected chi connectivity index (χ0v) is 12.2. The van der Waals surface area contributed by atoms with Crippen LogP contribution in [0.4, 0.5) is 0 Å². The second-order valence-electron chi connectivity index (χ2n) is 5.12. The van der Waals surface area contributed by atoms with Gasteiger partial charge in [-0.2, -0.15) is 0 Å². The van der Waals surface area contributed by atoms with Crippen molar-refractivity contribution < 1.29 is 9.90 Å². The molecule has 0 unspecified atom stereocenters. The number of carboxylic acid groups (broad SMARTS) is 1. The summed E-state index contributed by atoms with van der Waals surface area (Å²) >= 11 is 0. The van der Waals surface area contributed by atoms with Gasteiger partial charge in [-0.25, -0.2) is 4.98 Å². The van der Waals surface area contributed by atoms with E-state index in [0.29, 0.717) is 5.69 Å². The van der Waals surface area contributed by atoms with Gasteiger partial charge in [0, 0.05) is 11.9 Å². The van der Waals surface area contributed by atoms with Gasteiger partial charge in [0.15, 0.2) is 0 Å². The Morgan fingerprint density at radius 1 is 1.05 bits per heavy atom. The summed E-state index contributed by atoms with van der Waals surface area (Å²) in [5.74, 6) is -0.0780. The number of hydrogen-bond acceptors (Lipinski definition) is 2. The van der Waals surface area contributed by atoms with E-state index < -0.39 is 5.97 Å². The lowest BCUT2D eigenvalue weighted by Crippen LogP contribution is -2.07. The minimum atomic E-state index is -0.859. The highest BCUT2D eigenvalue weighted by molar-refractivity contribution is 5.70. The zero-order valence-electron chi connectivity index (χ0n) is 12.2. The van der Waals surface area contributed by atoms with Gasteiger partial charge in [0.05, 0.1) is 12.1 Å². The van der Waals surface area contributed by atoms with Gasteiger partial charge in [-0.3, -0.25) is 4.79 Å². The molecule has 0 saturated carbocycles. The highest BCUT2D eigenvalue weighted by atomic mass is 16.4. The number of hydrogen-bond donors (Lipinski definition) is 1. The number of carbonyl (C=O) groups is 1. The van der Waals surface area contributed by atoms with E-state index in [1.807, 2.05) is 54.0 Å². The molecule has 0 bridgehead atoms. The number of carboxylic acids is 1. The SMILES string of the molecule is Cc1ncc(CC(=O)O)n1-c1ccc(-c2ccccc2)cc1. The second kappa shape index (κ2) is 5.85. The van der Waals surface area contributed by atoms with Crippen molar-refractivity contribution in [3.05, 3.63) is 72.3 Å². The Kier molecular flexibility index (Phi) is 3.74. The summed E-state index contributed by atoms with van der Waals surface area (Å²) in [6, 6.07) is 18.2. The lowest BCUT2D eigenvalue weighted by molar-refractivity contribution is -0.136. The van der Waals surface area contributed by atoms with Crippen LogP contribution in [0, 0.1) is 6.92 Å². The van der Waals surface area contributed by atoms with Crippen molar-refractivity contribution in [3.63, 3.8) is 0 Å². The van der Waals surface area contributed by atoms with Crippen molar-refractivity contribution in [1.82, 2.24) is 9.55 Å². The molecule has 0 aliphatic carbocycles. The topological polar surface area (TPSA) is 55.1 Å². The molecule has 0 aliphatic heterocycles. The van der Waals surface area contributed by atoms with Crippen molar-refractivity contribution in [3.8, 4) is 16.8 Å². The molecule has 3 aromatic rings. The molecule has 0 amide bonds. The van der Waals surface area contributed by atoms with Crippen LogP contribution >= 0.6 is 0 Å². The molecule has 0 saturated heterocycles. The number of benzene rings is 2. The van der Waals surface area contributed by atoms with Crippen LogP contribution in [-0.4, -0.2) is 20.6 Å². The van der Waals surface area contributed by atoms with Crippen LogP contribution in [0.1, 0.15) is 11.5 Å². The molecule has 1 N–H and O–H groups in total. The van der Waals surface area contributed by atoms with E-state index >= 15 is 0 Å². The Morgan fingerprint density at radius 2 is 1.68 bits per heavy atom. The van der Waals surface area contributed by atoms with Gasteiger partial charge in [-0.1, -0.05) is 42.5 Å². The largest absolute Gasteiger partial charge is 0.481 e. The highest BCUT2D eigenvalue weighted by Crippen LogP contribution is 2.22. The van der Waals surface area contributed by atoms with Crippen molar-refractivity contribution in [2.75, 3.05) is 0 Å². The van der Waals surface area contributed by atoms with Crippen LogP contribution in [0.25, 0.3) is 16.8 Å². The van der Waals surface area contributed by atoms with Gasteiger partial charge in [-0.05, 0) is 30.2 Å². The number of aliphatic carboxylic acids is 1. The molecular formula is C18H16N2O2. The molecule has 1 heterocycles. The molecule has 0 aliphatic rings. The van der Waals surface area contributed by atoms with Crippen LogP contribution in [0.2, 0.25) is 0 Å². The summed E-state index contributed by atoms with van der Waals surface area (Å²) in [4.78, 5) is 15.2. The summed E-state index contributed by atoms with van der Waals surface area (Å²) in [5.41, 5.74) is 3.88. The van der Waals surface area contributed by atoms with Gasteiger partial charge >= 0.3 is 5.97 Å². The molecule has 0 fully saturated rings. The van der Waals surface area contributed by atoms with Gasteiger partial charge < -0.3 is 9.67 Å². The first-order valence-corrected chi connectivity index (χ1v) is 7.06. The first kappa shape index (κ1) is 14.1. The number of aromatic nitrogens is 2. The van der Waals surface area contributed by atoms with E-state index in [1.54, 1.807) is 6.20 Å². The average molecular weight is 292 g/mol. The fourth-order valence-electron chi connectivity index (χ4n) is 2.56. The molecule has 22 heavy (non-hydrogen) atoms. The van der Waals surface area contributed by atoms with Crippen LogP contribution in [0.5, 0.6) is 0 Å². The molecule has 4 heteroatoms. The van der Waals surface area contributed by atoms with Gasteiger partial charge in [0.2, 0.25) is 0 Å². The Labute approximate surface area is 128 Å². The molecule has 0 spiro atoms. The summed E-state index contributed by atoms with van der Waals surface area (Å²) in [5, 5.41) is 9.00. The molecule has 0 atom stereocenters. The van der Waals surface area contributed by atoms with Crippen LogP contribution in [0.3, 0.4) is 0 Å². The van der Waals surface area contributed by atoms with Gasteiger partial charge in [0.1, 0.15) is 5.82 Å². The van der Waals surface area contributed by atoms with Crippen LogP contribution in [0.15, 0.2) is 60.8 Å². The number of imidazole rings is 1. The molecule has 2 aromatic carbocycles. The Balaban J connectivity index is 1.97. The highest BCUT2D eigenvalue weighted by Gasteiger charge is 2.11. The quantitative estimate of drug-likeness (QED) is 0.801. The summed E-state index contributed by atoms with van der Waals surface area (Å²) in [7, 11) is 0. The Morgan fingerprint density at radius 3 is 2.32 bits per heavy atom. The van der Waals surface area contributed by atoms with E-state index in [4.69, 9.17) is 5.11 Å². The monoisotopic (exact) mass is 292 g/mol. The fraction of sp³-hybridized carbons (Fsp3) is 0.111. The van der Waals surface area contributed by atoms with Gasteiger partial charge in [-0.15, -0.1) is 0 Å². The van der Waals surface area contributed by atoms with E-state index in [2.05, 4.69) is 17.1 Å². The Bertz CT molecular complexity index is 790. The van der Waals surface area contributed by atoms with E-state index in [1.165, 1.54) is 0 Å². The molecule has 1 aromatic heterocycles. The lowest BCUT2D eigenvalue weighted by Gasteiger charge is -2.10. The van der Waals surface area contributed by atoms with E-state index in [0.717, 1.165) is 22.6 Å². The zero-order chi connectivity index (χ0) is 15.5. The maximum atomic E-state index is 11.0. The molecule has 3 rings (SSSR count). The first-order chi connectivity index (χ1) is 10.6. The molecular weight excluding hydrogens is 276 g/mol. The number of nitrogens with zero attached hydrogens (tertiary/aromatic N) is 2. The number of aryl methyl sites for hydroxylation is 1. The summed E-state index contributed by atoms with van der Waals surface area (Å²) in [6.07, 6.45) is 1.58. The second-order valence-corrected chi connectivity index (χ2v) is 5.12. The predicted molar refractivity (Wildman–Crippen MR) is 85.1 cm³/mol. The third-order valence-corrected chi connectivity index (χ3v) is 3.58. The number of rotatable bonds is 4. The van der Waals surface area contributed by atoms with Crippen molar-refractivity contribution in [1.29, 1.82) is 0 Å². The lowest BCUT2D eigenvalue weighted by atomic mass is 10.1. The third-order valence-electron chi connectivity index (χ3n) is 3.58. The average Bonchev–Trinajstić information content (AvgIpc) is 2.88. The van der Waals surface area contributed by atoms with E-state index in [-0.39, 0.29) is 6.42 Å². The Hall–Kier alpha value is -2.88.